The highest BCUT2D eigenvalue weighted by Gasteiger charge is 2.26. The number of carbonyl (C=O) groups excluding carboxylic acids is 1. The summed E-state index contributed by atoms with van der Waals surface area (Å²) in [7, 11) is -2.97. The summed E-state index contributed by atoms with van der Waals surface area (Å²) in [5.41, 5.74) is 0. The molecule has 7 heteroatoms. The van der Waals surface area contributed by atoms with Gasteiger partial charge in [-0.2, -0.15) is 0 Å². The third kappa shape index (κ3) is 4.71. The van der Waals surface area contributed by atoms with Gasteiger partial charge in [0.2, 0.25) is 5.91 Å². The topological polar surface area (TPSA) is 78.5 Å². The number of amides is 1. The molecule has 2 unspecified atom stereocenters. The third-order valence-electron chi connectivity index (χ3n) is 4.14. The van der Waals surface area contributed by atoms with Crippen molar-refractivity contribution in [3.63, 3.8) is 0 Å². The molecule has 0 aliphatic carbocycles. The molecule has 2 saturated heterocycles. The van der Waals surface area contributed by atoms with E-state index in [2.05, 4.69) is 22.5 Å². The van der Waals surface area contributed by atoms with Gasteiger partial charge in [-0.25, -0.2) is 8.42 Å². The summed E-state index contributed by atoms with van der Waals surface area (Å²) in [5, 5.41) is 6.04. The molecule has 2 heterocycles. The molecule has 0 saturated carbocycles. The molecule has 0 spiro atoms. The number of rotatable bonds is 5. The van der Waals surface area contributed by atoms with Crippen LogP contribution in [0.5, 0.6) is 0 Å². The molecule has 2 rings (SSSR count). The average Bonchev–Trinajstić information content (AvgIpc) is 2.83. The lowest BCUT2D eigenvalue weighted by Gasteiger charge is -2.23. The SMILES string of the molecule is CCN1CCC(CNC(=O)CC2CS(=O)(=O)CCN2)C1. The predicted octanol–water partition coefficient (Wildman–Crippen LogP) is -0.779. The van der Waals surface area contributed by atoms with E-state index < -0.39 is 9.84 Å². The van der Waals surface area contributed by atoms with Crippen LogP contribution in [0.4, 0.5) is 0 Å². The standard InChI is InChI=1S/C13H25N3O3S/c1-2-16-5-3-11(9-16)8-15-13(17)7-12-10-20(18,19)6-4-14-12/h11-12,14H,2-10H2,1H3,(H,15,17). The summed E-state index contributed by atoms with van der Waals surface area (Å²) >= 11 is 0. The lowest BCUT2D eigenvalue weighted by Crippen LogP contribution is -2.47. The van der Waals surface area contributed by atoms with Gasteiger partial charge < -0.3 is 15.5 Å². The second kappa shape index (κ2) is 6.87. The Hall–Kier alpha value is -0.660. The summed E-state index contributed by atoms with van der Waals surface area (Å²) in [5.74, 6) is 0.740. The van der Waals surface area contributed by atoms with Gasteiger partial charge in [-0.05, 0) is 25.4 Å². The Morgan fingerprint density at radius 2 is 2.25 bits per heavy atom. The number of nitrogens with one attached hydrogen (secondary N) is 2. The molecule has 20 heavy (non-hydrogen) atoms. The Bertz CT molecular complexity index is 438. The summed E-state index contributed by atoms with van der Waals surface area (Å²) in [6.07, 6.45) is 1.38. The van der Waals surface area contributed by atoms with E-state index in [4.69, 9.17) is 0 Å². The van der Waals surface area contributed by atoms with Crippen molar-refractivity contribution in [3.8, 4) is 0 Å². The fourth-order valence-corrected chi connectivity index (χ4v) is 4.36. The highest BCUT2D eigenvalue weighted by Crippen LogP contribution is 2.14. The van der Waals surface area contributed by atoms with Crippen molar-refractivity contribution in [2.75, 3.05) is 44.2 Å². The molecule has 0 bridgehead atoms. The van der Waals surface area contributed by atoms with Gasteiger partial charge in [0.05, 0.1) is 11.5 Å². The van der Waals surface area contributed by atoms with E-state index in [-0.39, 0.29) is 29.9 Å². The van der Waals surface area contributed by atoms with Gasteiger partial charge in [0.25, 0.3) is 0 Å². The second-order valence-electron chi connectivity index (χ2n) is 5.82. The molecule has 0 aromatic heterocycles. The zero-order chi connectivity index (χ0) is 14.6. The smallest absolute Gasteiger partial charge is 0.221 e. The number of carbonyl (C=O) groups is 1. The Kier molecular flexibility index (Phi) is 5.40. The molecule has 2 fully saturated rings. The third-order valence-corrected chi connectivity index (χ3v) is 5.87. The fraction of sp³-hybridized carbons (Fsp3) is 0.923. The Balaban J connectivity index is 1.68. The van der Waals surface area contributed by atoms with Crippen LogP contribution in [0.3, 0.4) is 0 Å². The molecular formula is C13H25N3O3S. The largest absolute Gasteiger partial charge is 0.356 e. The summed E-state index contributed by atoms with van der Waals surface area (Å²) < 4.78 is 23.0. The van der Waals surface area contributed by atoms with Crippen LogP contribution in [-0.2, 0) is 14.6 Å². The normalized spacial score (nSPS) is 30.2. The maximum atomic E-state index is 11.9. The maximum absolute atomic E-state index is 11.9. The van der Waals surface area contributed by atoms with Gasteiger partial charge in [-0.15, -0.1) is 0 Å². The van der Waals surface area contributed by atoms with Crippen LogP contribution in [0.15, 0.2) is 0 Å². The molecular weight excluding hydrogens is 278 g/mol. The van der Waals surface area contributed by atoms with E-state index in [0.29, 0.717) is 19.0 Å². The monoisotopic (exact) mass is 303 g/mol. The van der Waals surface area contributed by atoms with Crippen LogP contribution in [-0.4, -0.2) is 69.5 Å². The highest BCUT2D eigenvalue weighted by atomic mass is 32.2. The van der Waals surface area contributed by atoms with Crippen LogP contribution in [0, 0.1) is 5.92 Å². The molecule has 0 aromatic carbocycles. The fourth-order valence-electron chi connectivity index (χ4n) is 2.92. The van der Waals surface area contributed by atoms with Gasteiger partial charge >= 0.3 is 0 Å². The minimum Gasteiger partial charge on any atom is -0.356 e. The predicted molar refractivity (Wildman–Crippen MR) is 78.3 cm³/mol. The number of likely N-dealkylation sites (tertiary alicyclic amines) is 1. The van der Waals surface area contributed by atoms with E-state index in [0.717, 1.165) is 26.1 Å². The number of hydrogen-bond donors (Lipinski definition) is 2. The number of sulfone groups is 1. The zero-order valence-electron chi connectivity index (χ0n) is 12.1. The van der Waals surface area contributed by atoms with Crippen molar-refractivity contribution in [1.29, 1.82) is 0 Å². The van der Waals surface area contributed by atoms with E-state index in [1.54, 1.807) is 0 Å². The first-order valence-electron chi connectivity index (χ1n) is 7.41. The summed E-state index contributed by atoms with van der Waals surface area (Å²) in [4.78, 5) is 14.3. The lowest BCUT2D eigenvalue weighted by molar-refractivity contribution is -0.121. The Labute approximate surface area is 121 Å². The van der Waals surface area contributed by atoms with Gasteiger partial charge in [0.1, 0.15) is 0 Å². The summed E-state index contributed by atoms with van der Waals surface area (Å²) in [6.45, 7) is 6.53. The number of hydrogen-bond acceptors (Lipinski definition) is 5. The first-order valence-corrected chi connectivity index (χ1v) is 9.23. The lowest BCUT2D eigenvalue weighted by atomic mass is 10.1. The van der Waals surface area contributed by atoms with E-state index >= 15 is 0 Å². The minimum absolute atomic E-state index is 0.0467. The quantitative estimate of drug-likeness (QED) is 0.697. The van der Waals surface area contributed by atoms with Crippen molar-refractivity contribution in [1.82, 2.24) is 15.5 Å². The summed E-state index contributed by atoms with van der Waals surface area (Å²) in [6, 6.07) is -0.232. The molecule has 0 radical (unpaired) electrons. The van der Waals surface area contributed by atoms with E-state index in [1.165, 1.54) is 0 Å². The first kappa shape index (κ1) is 15.7. The first-order chi connectivity index (χ1) is 9.48. The molecule has 6 nitrogen and oxygen atoms in total. The molecule has 116 valence electrons. The molecule has 2 aliphatic heterocycles. The Morgan fingerprint density at radius 3 is 2.90 bits per heavy atom. The van der Waals surface area contributed by atoms with Gasteiger partial charge in [0, 0.05) is 32.1 Å². The van der Waals surface area contributed by atoms with Crippen molar-refractivity contribution < 1.29 is 13.2 Å². The van der Waals surface area contributed by atoms with Gasteiger partial charge in [-0.1, -0.05) is 6.92 Å². The average molecular weight is 303 g/mol. The molecule has 2 N–H and O–H groups in total. The Morgan fingerprint density at radius 1 is 1.45 bits per heavy atom. The van der Waals surface area contributed by atoms with Gasteiger partial charge in [0.15, 0.2) is 9.84 Å². The number of nitrogens with zero attached hydrogens (tertiary/aromatic N) is 1. The van der Waals surface area contributed by atoms with Crippen molar-refractivity contribution in [3.05, 3.63) is 0 Å². The molecule has 2 atom stereocenters. The zero-order valence-corrected chi connectivity index (χ0v) is 12.9. The van der Waals surface area contributed by atoms with Crippen LogP contribution < -0.4 is 10.6 Å². The van der Waals surface area contributed by atoms with Crippen molar-refractivity contribution in [2.24, 2.45) is 5.92 Å². The van der Waals surface area contributed by atoms with Crippen LogP contribution in [0.2, 0.25) is 0 Å². The molecule has 2 aliphatic rings. The molecule has 1 amide bonds. The minimum atomic E-state index is -2.97. The second-order valence-corrected chi connectivity index (χ2v) is 8.05. The van der Waals surface area contributed by atoms with Crippen LogP contribution in [0.25, 0.3) is 0 Å². The van der Waals surface area contributed by atoms with E-state index in [9.17, 15) is 13.2 Å². The maximum Gasteiger partial charge on any atom is 0.221 e. The van der Waals surface area contributed by atoms with Crippen molar-refractivity contribution in [2.45, 2.75) is 25.8 Å². The van der Waals surface area contributed by atoms with Crippen LogP contribution in [0.1, 0.15) is 19.8 Å². The van der Waals surface area contributed by atoms with Crippen LogP contribution >= 0.6 is 0 Å². The highest BCUT2D eigenvalue weighted by molar-refractivity contribution is 7.91. The molecule has 0 aromatic rings. The van der Waals surface area contributed by atoms with Gasteiger partial charge in [-0.3, -0.25) is 4.79 Å². The van der Waals surface area contributed by atoms with E-state index in [1.807, 2.05) is 0 Å². The van der Waals surface area contributed by atoms with Crippen molar-refractivity contribution >= 4 is 15.7 Å².